The average Bonchev–Trinajstić information content (AvgIpc) is 2.84. The van der Waals surface area contributed by atoms with Gasteiger partial charge in [0.15, 0.2) is 0 Å². The molecular formula is C16H24N2O4. The summed E-state index contributed by atoms with van der Waals surface area (Å²) in [5.74, 6) is 0.274. The second-order valence-corrected chi connectivity index (χ2v) is 5.99. The van der Waals surface area contributed by atoms with Crippen LogP contribution in [-0.4, -0.2) is 29.7 Å². The Morgan fingerprint density at radius 3 is 2.50 bits per heavy atom. The number of aryl methyl sites for hydroxylation is 2. The van der Waals surface area contributed by atoms with E-state index in [4.69, 9.17) is 9.26 Å². The molecule has 0 saturated heterocycles. The van der Waals surface area contributed by atoms with E-state index in [0.29, 0.717) is 25.7 Å². The minimum Gasteiger partial charge on any atom is -0.467 e. The molecule has 1 fully saturated rings. The number of esters is 1. The molecule has 2 rings (SSSR count). The first-order chi connectivity index (χ1) is 10.5. The van der Waals surface area contributed by atoms with Crippen LogP contribution in [0.2, 0.25) is 0 Å². The van der Waals surface area contributed by atoms with Crippen LogP contribution < -0.4 is 5.32 Å². The predicted molar refractivity (Wildman–Crippen MR) is 80.3 cm³/mol. The fraction of sp³-hybridized carbons (Fsp3) is 0.688. The Kier molecular flexibility index (Phi) is 5.21. The molecule has 0 unspecified atom stereocenters. The third kappa shape index (κ3) is 3.48. The number of carbonyl (C=O) groups is 2. The van der Waals surface area contributed by atoms with Crippen LogP contribution >= 0.6 is 0 Å². The van der Waals surface area contributed by atoms with Crippen molar-refractivity contribution in [3.05, 3.63) is 17.0 Å². The fourth-order valence-corrected chi connectivity index (χ4v) is 3.16. The Bertz CT molecular complexity index is 525. The van der Waals surface area contributed by atoms with Crippen molar-refractivity contribution < 1.29 is 18.8 Å². The molecule has 1 amide bonds. The Labute approximate surface area is 130 Å². The SMILES string of the molecule is COC(=O)C1(NC(=O)CCc2c(C)noc2C)CCCCC1. The zero-order valence-corrected chi connectivity index (χ0v) is 13.5. The molecule has 1 aromatic rings. The van der Waals surface area contributed by atoms with Crippen molar-refractivity contribution in [2.24, 2.45) is 0 Å². The molecule has 6 heteroatoms. The van der Waals surface area contributed by atoms with Gasteiger partial charge in [0.25, 0.3) is 0 Å². The highest BCUT2D eigenvalue weighted by atomic mass is 16.5. The lowest BCUT2D eigenvalue weighted by Gasteiger charge is -2.35. The molecule has 1 N–H and O–H groups in total. The van der Waals surface area contributed by atoms with Crippen molar-refractivity contribution in [2.75, 3.05) is 7.11 Å². The van der Waals surface area contributed by atoms with Crippen molar-refractivity contribution in [1.29, 1.82) is 0 Å². The zero-order valence-electron chi connectivity index (χ0n) is 13.5. The first kappa shape index (κ1) is 16.5. The van der Waals surface area contributed by atoms with Crippen LogP contribution in [0.3, 0.4) is 0 Å². The Hall–Kier alpha value is -1.85. The van der Waals surface area contributed by atoms with Crippen molar-refractivity contribution in [3.63, 3.8) is 0 Å². The maximum atomic E-state index is 12.3. The van der Waals surface area contributed by atoms with Gasteiger partial charge in [-0.05, 0) is 33.1 Å². The molecule has 1 aliphatic rings. The van der Waals surface area contributed by atoms with Crippen LogP contribution in [0.1, 0.15) is 55.5 Å². The maximum Gasteiger partial charge on any atom is 0.331 e. The standard InChI is InChI=1S/C16H24N2O4/c1-11-13(12(2)22-18-11)7-8-14(19)17-16(15(20)21-3)9-5-4-6-10-16/h4-10H2,1-3H3,(H,17,19). The highest BCUT2D eigenvalue weighted by Gasteiger charge is 2.41. The van der Waals surface area contributed by atoms with Gasteiger partial charge >= 0.3 is 5.97 Å². The van der Waals surface area contributed by atoms with Crippen molar-refractivity contribution in [2.45, 2.75) is 64.3 Å². The van der Waals surface area contributed by atoms with Crippen LogP contribution in [0, 0.1) is 13.8 Å². The normalized spacial score (nSPS) is 17.0. The highest BCUT2D eigenvalue weighted by Crippen LogP contribution is 2.29. The summed E-state index contributed by atoms with van der Waals surface area (Å²) in [7, 11) is 1.37. The molecule has 1 heterocycles. The van der Waals surface area contributed by atoms with Gasteiger partial charge in [0.05, 0.1) is 12.8 Å². The van der Waals surface area contributed by atoms with Gasteiger partial charge in [0, 0.05) is 12.0 Å². The average molecular weight is 308 g/mol. The second kappa shape index (κ2) is 6.94. The fourth-order valence-electron chi connectivity index (χ4n) is 3.16. The van der Waals surface area contributed by atoms with E-state index in [1.807, 2.05) is 13.8 Å². The van der Waals surface area contributed by atoms with E-state index in [9.17, 15) is 9.59 Å². The third-order valence-corrected chi connectivity index (χ3v) is 4.45. The Morgan fingerprint density at radius 1 is 1.27 bits per heavy atom. The van der Waals surface area contributed by atoms with Crippen LogP contribution in [0.4, 0.5) is 0 Å². The van der Waals surface area contributed by atoms with Gasteiger partial charge in [-0.3, -0.25) is 4.79 Å². The first-order valence-electron chi connectivity index (χ1n) is 7.80. The topological polar surface area (TPSA) is 81.4 Å². The summed E-state index contributed by atoms with van der Waals surface area (Å²) in [6.07, 6.45) is 5.12. The molecule has 122 valence electrons. The van der Waals surface area contributed by atoms with Gasteiger partial charge in [-0.1, -0.05) is 24.4 Å². The van der Waals surface area contributed by atoms with Gasteiger partial charge in [0.2, 0.25) is 5.91 Å². The number of ether oxygens (including phenoxy) is 1. The maximum absolute atomic E-state index is 12.3. The lowest BCUT2D eigenvalue weighted by molar-refractivity contribution is -0.152. The lowest BCUT2D eigenvalue weighted by Crippen LogP contribution is -2.56. The molecule has 1 saturated carbocycles. The molecular weight excluding hydrogens is 284 g/mol. The van der Waals surface area contributed by atoms with Crippen molar-refractivity contribution in [3.8, 4) is 0 Å². The lowest BCUT2D eigenvalue weighted by atomic mass is 9.81. The molecule has 0 aromatic carbocycles. The minimum absolute atomic E-state index is 0.132. The molecule has 0 spiro atoms. The smallest absolute Gasteiger partial charge is 0.331 e. The van der Waals surface area contributed by atoms with Gasteiger partial charge in [-0.25, -0.2) is 4.79 Å². The van der Waals surface area contributed by atoms with E-state index < -0.39 is 5.54 Å². The number of hydrogen-bond donors (Lipinski definition) is 1. The number of amides is 1. The van der Waals surface area contributed by atoms with Crippen LogP contribution in [0.25, 0.3) is 0 Å². The highest BCUT2D eigenvalue weighted by molar-refractivity contribution is 5.88. The summed E-state index contributed by atoms with van der Waals surface area (Å²) in [4.78, 5) is 24.4. The number of carbonyl (C=O) groups excluding carboxylic acids is 2. The molecule has 0 atom stereocenters. The number of rotatable bonds is 5. The van der Waals surface area contributed by atoms with E-state index in [1.54, 1.807) is 0 Å². The quantitative estimate of drug-likeness (QED) is 0.843. The molecule has 1 aliphatic carbocycles. The molecule has 0 bridgehead atoms. The van der Waals surface area contributed by atoms with Crippen molar-refractivity contribution >= 4 is 11.9 Å². The zero-order chi connectivity index (χ0) is 16.2. The molecule has 6 nitrogen and oxygen atoms in total. The van der Waals surface area contributed by atoms with Gasteiger partial charge in [-0.15, -0.1) is 0 Å². The minimum atomic E-state index is -0.844. The number of aromatic nitrogens is 1. The van der Waals surface area contributed by atoms with E-state index >= 15 is 0 Å². The van der Waals surface area contributed by atoms with Crippen molar-refractivity contribution in [1.82, 2.24) is 10.5 Å². The summed E-state index contributed by atoms with van der Waals surface area (Å²) in [6.45, 7) is 3.70. The van der Waals surface area contributed by atoms with Gasteiger partial charge in [-0.2, -0.15) is 0 Å². The Morgan fingerprint density at radius 2 is 1.95 bits per heavy atom. The number of hydrogen-bond acceptors (Lipinski definition) is 5. The molecule has 22 heavy (non-hydrogen) atoms. The summed E-state index contributed by atoms with van der Waals surface area (Å²) >= 11 is 0. The first-order valence-corrected chi connectivity index (χ1v) is 7.80. The third-order valence-electron chi connectivity index (χ3n) is 4.45. The number of nitrogens with one attached hydrogen (secondary N) is 1. The summed E-state index contributed by atoms with van der Waals surface area (Å²) < 4.78 is 10.0. The van der Waals surface area contributed by atoms with E-state index in [0.717, 1.165) is 36.3 Å². The van der Waals surface area contributed by atoms with E-state index in [-0.39, 0.29) is 11.9 Å². The van der Waals surface area contributed by atoms with Crippen LogP contribution in [-0.2, 0) is 20.7 Å². The van der Waals surface area contributed by atoms with Crippen LogP contribution in [0.5, 0.6) is 0 Å². The molecule has 0 radical (unpaired) electrons. The van der Waals surface area contributed by atoms with Crippen LogP contribution in [0.15, 0.2) is 4.52 Å². The van der Waals surface area contributed by atoms with E-state index in [1.165, 1.54) is 7.11 Å². The summed E-state index contributed by atoms with van der Waals surface area (Å²) in [6, 6.07) is 0. The van der Waals surface area contributed by atoms with Gasteiger partial charge in [0.1, 0.15) is 11.3 Å². The number of methoxy groups -OCH3 is 1. The summed E-state index contributed by atoms with van der Waals surface area (Å²) in [5, 5.41) is 6.80. The van der Waals surface area contributed by atoms with E-state index in [2.05, 4.69) is 10.5 Å². The predicted octanol–water partition coefficient (Wildman–Crippen LogP) is 2.22. The Balaban J connectivity index is 1.98. The molecule has 0 aliphatic heterocycles. The largest absolute Gasteiger partial charge is 0.467 e. The number of nitrogens with zero attached hydrogens (tertiary/aromatic N) is 1. The van der Waals surface area contributed by atoms with Gasteiger partial charge < -0.3 is 14.6 Å². The monoisotopic (exact) mass is 308 g/mol. The second-order valence-electron chi connectivity index (χ2n) is 5.99. The summed E-state index contributed by atoms with van der Waals surface area (Å²) in [5.41, 5.74) is 0.930. The molecule has 1 aromatic heterocycles.